The molecule has 0 bridgehead atoms. The molecule has 0 unspecified atom stereocenters. The summed E-state index contributed by atoms with van der Waals surface area (Å²) in [5, 5.41) is 12.5. The fraction of sp³-hybridized carbons (Fsp3) is 0.520. The highest BCUT2D eigenvalue weighted by Gasteiger charge is 2.30. The van der Waals surface area contributed by atoms with Gasteiger partial charge in [-0.05, 0) is 57.6 Å². The first-order valence-electron chi connectivity index (χ1n) is 11.9. The van der Waals surface area contributed by atoms with Gasteiger partial charge in [0.05, 0.1) is 17.3 Å². The molecule has 2 fully saturated rings. The molecule has 0 saturated heterocycles. The van der Waals surface area contributed by atoms with Crippen LogP contribution in [-0.2, 0) is 4.79 Å². The van der Waals surface area contributed by atoms with Crippen molar-refractivity contribution in [2.45, 2.75) is 77.3 Å². The minimum atomic E-state index is 0.0334. The highest BCUT2D eigenvalue weighted by atomic mass is 16.1. The Labute approximate surface area is 189 Å². The largest absolute Gasteiger partial charge is 0.367 e. The van der Waals surface area contributed by atoms with E-state index in [-0.39, 0.29) is 17.9 Å². The van der Waals surface area contributed by atoms with Crippen LogP contribution in [0.15, 0.2) is 30.5 Å². The van der Waals surface area contributed by atoms with E-state index in [1.54, 1.807) is 0 Å². The summed E-state index contributed by atoms with van der Waals surface area (Å²) in [7, 11) is 0. The highest BCUT2D eigenvalue weighted by Crippen LogP contribution is 2.40. The van der Waals surface area contributed by atoms with Crippen LogP contribution in [0.3, 0.4) is 0 Å². The van der Waals surface area contributed by atoms with Crippen molar-refractivity contribution in [3.05, 3.63) is 41.9 Å². The number of fused-ring (bicyclic) bond motifs is 1. The maximum absolute atomic E-state index is 12.0. The topological polar surface area (TPSA) is 84.7 Å². The fourth-order valence-electron chi connectivity index (χ4n) is 4.38. The minimum absolute atomic E-state index is 0.0334. The van der Waals surface area contributed by atoms with E-state index in [9.17, 15) is 4.79 Å². The molecule has 0 spiro atoms. The van der Waals surface area contributed by atoms with Crippen LogP contribution in [0.4, 0.5) is 5.82 Å². The monoisotopic (exact) mass is 432 g/mol. The Bertz CT molecular complexity index is 1110. The zero-order chi connectivity index (χ0) is 22.2. The lowest BCUT2D eigenvalue weighted by atomic mass is 9.90. The van der Waals surface area contributed by atoms with Gasteiger partial charge in [-0.2, -0.15) is 5.10 Å². The Morgan fingerprint density at radius 1 is 1.00 bits per heavy atom. The molecule has 168 valence electrons. The summed E-state index contributed by atoms with van der Waals surface area (Å²) in [6, 6.07) is 8.99. The van der Waals surface area contributed by atoms with Gasteiger partial charge in [-0.25, -0.2) is 14.6 Å². The SMILES string of the molecule is Cc1ccc(-n2ncc3c(NC4CCC(NC(=O)C(C)C)CC4)nc(C4CC4)nc32)cc1. The molecule has 0 atom stereocenters. The molecule has 2 aliphatic carbocycles. The molecule has 1 aromatic carbocycles. The molecule has 2 N–H and O–H groups in total. The van der Waals surface area contributed by atoms with Crippen molar-refractivity contribution in [3.63, 3.8) is 0 Å². The summed E-state index contributed by atoms with van der Waals surface area (Å²) >= 11 is 0. The number of hydrogen-bond donors (Lipinski definition) is 2. The standard InChI is InChI=1S/C25H32N6O/c1-15(2)25(32)28-19-10-8-18(9-11-19)27-23-21-14-26-31(20-12-4-16(3)5-13-20)24(21)30-22(29-23)17-6-7-17/h4-5,12-15,17-19H,6-11H2,1-3H3,(H,28,32)(H,27,29,30). The molecule has 7 heteroatoms. The van der Waals surface area contributed by atoms with Crippen LogP contribution in [0.2, 0.25) is 0 Å². The van der Waals surface area contributed by atoms with Crippen molar-refractivity contribution in [1.29, 1.82) is 0 Å². The van der Waals surface area contributed by atoms with Gasteiger partial charge in [0.25, 0.3) is 0 Å². The molecular formula is C25H32N6O. The van der Waals surface area contributed by atoms with E-state index in [2.05, 4.69) is 46.9 Å². The Morgan fingerprint density at radius 2 is 1.69 bits per heavy atom. The van der Waals surface area contributed by atoms with Gasteiger partial charge in [0.15, 0.2) is 5.65 Å². The van der Waals surface area contributed by atoms with E-state index in [1.807, 2.05) is 24.7 Å². The van der Waals surface area contributed by atoms with Gasteiger partial charge in [-0.15, -0.1) is 0 Å². The lowest BCUT2D eigenvalue weighted by Crippen LogP contribution is -2.41. The Kier molecular flexibility index (Phi) is 5.57. The number of benzene rings is 1. The maximum Gasteiger partial charge on any atom is 0.222 e. The average molecular weight is 433 g/mol. The molecule has 7 nitrogen and oxygen atoms in total. The number of amides is 1. The molecule has 32 heavy (non-hydrogen) atoms. The van der Waals surface area contributed by atoms with Crippen molar-refractivity contribution >= 4 is 22.8 Å². The zero-order valence-electron chi connectivity index (χ0n) is 19.1. The molecule has 1 amide bonds. The van der Waals surface area contributed by atoms with Crippen LogP contribution in [0.25, 0.3) is 16.7 Å². The molecule has 0 radical (unpaired) electrons. The second-order valence-electron chi connectivity index (χ2n) is 9.69. The normalized spacial score (nSPS) is 21.1. The fourth-order valence-corrected chi connectivity index (χ4v) is 4.38. The first-order valence-corrected chi connectivity index (χ1v) is 11.9. The maximum atomic E-state index is 12.0. The summed E-state index contributed by atoms with van der Waals surface area (Å²) in [5.74, 6) is 2.46. The van der Waals surface area contributed by atoms with E-state index < -0.39 is 0 Å². The van der Waals surface area contributed by atoms with E-state index in [0.29, 0.717) is 12.0 Å². The Balaban J connectivity index is 1.37. The van der Waals surface area contributed by atoms with E-state index in [4.69, 9.17) is 9.97 Å². The van der Waals surface area contributed by atoms with Crippen LogP contribution in [0.1, 0.15) is 69.7 Å². The average Bonchev–Trinajstić information content (AvgIpc) is 3.55. The van der Waals surface area contributed by atoms with Crippen molar-refractivity contribution in [2.24, 2.45) is 5.92 Å². The number of aromatic nitrogens is 4. The highest BCUT2D eigenvalue weighted by molar-refractivity contribution is 5.87. The van der Waals surface area contributed by atoms with Crippen molar-refractivity contribution in [3.8, 4) is 5.69 Å². The number of rotatable bonds is 6. The summed E-state index contributed by atoms with van der Waals surface area (Å²) in [5.41, 5.74) is 3.10. The van der Waals surface area contributed by atoms with Gasteiger partial charge in [-0.1, -0.05) is 31.5 Å². The van der Waals surface area contributed by atoms with E-state index >= 15 is 0 Å². The molecule has 2 aromatic heterocycles. The summed E-state index contributed by atoms with van der Waals surface area (Å²) < 4.78 is 1.92. The molecule has 2 heterocycles. The number of anilines is 1. The lowest BCUT2D eigenvalue weighted by Gasteiger charge is -2.30. The predicted molar refractivity (Wildman–Crippen MR) is 126 cm³/mol. The molecule has 3 aromatic rings. The predicted octanol–water partition coefficient (Wildman–Crippen LogP) is 4.50. The second kappa shape index (κ2) is 8.52. The number of aryl methyl sites for hydroxylation is 1. The van der Waals surface area contributed by atoms with Crippen molar-refractivity contribution in [1.82, 2.24) is 25.1 Å². The van der Waals surface area contributed by atoms with Crippen molar-refractivity contribution in [2.75, 3.05) is 5.32 Å². The quantitative estimate of drug-likeness (QED) is 0.599. The van der Waals surface area contributed by atoms with Gasteiger partial charge in [0.2, 0.25) is 5.91 Å². The van der Waals surface area contributed by atoms with Gasteiger partial charge in [0.1, 0.15) is 11.6 Å². The lowest BCUT2D eigenvalue weighted by molar-refractivity contribution is -0.124. The number of carbonyl (C=O) groups excluding carboxylic acids is 1. The third-order valence-corrected chi connectivity index (χ3v) is 6.61. The van der Waals surface area contributed by atoms with Gasteiger partial charge in [0, 0.05) is 23.9 Å². The van der Waals surface area contributed by atoms with Crippen LogP contribution in [0, 0.1) is 12.8 Å². The smallest absolute Gasteiger partial charge is 0.222 e. The molecule has 5 rings (SSSR count). The van der Waals surface area contributed by atoms with Crippen LogP contribution >= 0.6 is 0 Å². The number of carbonyl (C=O) groups is 1. The summed E-state index contributed by atoms with van der Waals surface area (Å²) in [6.07, 6.45) is 8.20. The molecule has 2 aliphatic rings. The second-order valence-corrected chi connectivity index (χ2v) is 9.69. The summed E-state index contributed by atoms with van der Waals surface area (Å²) in [6.45, 7) is 5.97. The number of nitrogens with one attached hydrogen (secondary N) is 2. The first kappa shape index (κ1) is 20.9. The number of hydrogen-bond acceptors (Lipinski definition) is 5. The number of nitrogens with zero attached hydrogens (tertiary/aromatic N) is 4. The van der Waals surface area contributed by atoms with Gasteiger partial charge in [-0.3, -0.25) is 4.79 Å². The molecule has 0 aliphatic heterocycles. The third kappa shape index (κ3) is 4.33. The first-order chi connectivity index (χ1) is 15.5. The Morgan fingerprint density at radius 3 is 2.34 bits per heavy atom. The summed E-state index contributed by atoms with van der Waals surface area (Å²) in [4.78, 5) is 21.9. The molecule has 2 saturated carbocycles. The Hall–Kier alpha value is -2.96. The minimum Gasteiger partial charge on any atom is -0.367 e. The van der Waals surface area contributed by atoms with E-state index in [1.165, 1.54) is 5.56 Å². The van der Waals surface area contributed by atoms with Crippen molar-refractivity contribution < 1.29 is 4.79 Å². The molecular weight excluding hydrogens is 400 g/mol. The third-order valence-electron chi connectivity index (χ3n) is 6.61. The van der Waals surface area contributed by atoms with Gasteiger partial charge >= 0.3 is 0 Å². The van der Waals surface area contributed by atoms with Crippen LogP contribution < -0.4 is 10.6 Å². The zero-order valence-corrected chi connectivity index (χ0v) is 19.1. The van der Waals surface area contributed by atoms with Crippen LogP contribution in [0.5, 0.6) is 0 Å². The van der Waals surface area contributed by atoms with E-state index in [0.717, 1.165) is 66.9 Å². The van der Waals surface area contributed by atoms with Crippen LogP contribution in [-0.4, -0.2) is 37.7 Å². The van der Waals surface area contributed by atoms with Gasteiger partial charge < -0.3 is 10.6 Å².